The lowest BCUT2D eigenvalue weighted by molar-refractivity contribution is 0.0913. The summed E-state index contributed by atoms with van der Waals surface area (Å²) >= 11 is 7.18. The lowest BCUT2D eigenvalue weighted by Gasteiger charge is -2.06. The Morgan fingerprint density at radius 2 is 2.19 bits per heavy atom. The fourth-order valence-corrected chi connectivity index (χ4v) is 2.83. The third-order valence-corrected chi connectivity index (χ3v) is 4.10. The maximum Gasteiger partial charge on any atom is 0.129 e. The zero-order valence-electron chi connectivity index (χ0n) is 11.8. The highest BCUT2D eigenvalue weighted by atomic mass is 35.5. The number of rotatable bonds is 8. The standard InChI is InChI=1S/C15H17ClFNO2S/c1-19-5-2-6-20-9-12-4-3-11(7-14(12)17)15-18-13(8-16)10-21-15/h3-4,7,10H,2,5-6,8-9H2,1H3. The van der Waals surface area contributed by atoms with Crippen LogP contribution in [0.4, 0.5) is 4.39 Å². The van der Waals surface area contributed by atoms with Crippen LogP contribution in [0.15, 0.2) is 23.6 Å². The Bertz CT molecular complexity index is 577. The van der Waals surface area contributed by atoms with Crippen molar-refractivity contribution in [2.45, 2.75) is 18.9 Å². The van der Waals surface area contributed by atoms with Crippen LogP contribution in [0.25, 0.3) is 10.6 Å². The van der Waals surface area contributed by atoms with Gasteiger partial charge in [-0.1, -0.05) is 12.1 Å². The fraction of sp³-hybridized carbons (Fsp3) is 0.400. The lowest BCUT2D eigenvalue weighted by atomic mass is 10.1. The van der Waals surface area contributed by atoms with Gasteiger partial charge in [0, 0.05) is 36.8 Å². The van der Waals surface area contributed by atoms with Crippen molar-refractivity contribution < 1.29 is 13.9 Å². The largest absolute Gasteiger partial charge is 0.385 e. The summed E-state index contributed by atoms with van der Waals surface area (Å²) in [5.41, 5.74) is 2.12. The second-order valence-electron chi connectivity index (χ2n) is 4.48. The summed E-state index contributed by atoms with van der Waals surface area (Å²) in [6.07, 6.45) is 0.802. The molecule has 2 aromatic rings. The second kappa shape index (κ2) is 8.44. The Morgan fingerprint density at radius 1 is 1.33 bits per heavy atom. The van der Waals surface area contributed by atoms with Gasteiger partial charge in [-0.15, -0.1) is 22.9 Å². The van der Waals surface area contributed by atoms with E-state index < -0.39 is 0 Å². The molecule has 0 radical (unpaired) electrons. The number of thiazole rings is 1. The average Bonchev–Trinajstić information content (AvgIpc) is 2.97. The zero-order valence-corrected chi connectivity index (χ0v) is 13.3. The van der Waals surface area contributed by atoms with Crippen LogP contribution in [-0.2, 0) is 22.0 Å². The average molecular weight is 330 g/mol. The lowest BCUT2D eigenvalue weighted by Crippen LogP contribution is -2.01. The van der Waals surface area contributed by atoms with Gasteiger partial charge in [0.1, 0.15) is 10.8 Å². The van der Waals surface area contributed by atoms with Crippen molar-refractivity contribution in [3.63, 3.8) is 0 Å². The van der Waals surface area contributed by atoms with Crippen LogP contribution < -0.4 is 0 Å². The molecule has 0 bridgehead atoms. The van der Waals surface area contributed by atoms with E-state index in [1.807, 2.05) is 11.4 Å². The number of hydrogen-bond acceptors (Lipinski definition) is 4. The monoisotopic (exact) mass is 329 g/mol. The summed E-state index contributed by atoms with van der Waals surface area (Å²) < 4.78 is 24.4. The molecular formula is C15H17ClFNO2S. The van der Waals surface area contributed by atoms with Gasteiger partial charge in [0.2, 0.25) is 0 Å². The fourth-order valence-electron chi connectivity index (χ4n) is 1.79. The molecule has 21 heavy (non-hydrogen) atoms. The minimum absolute atomic E-state index is 0.265. The SMILES string of the molecule is COCCCOCc1ccc(-c2nc(CCl)cs2)cc1F. The molecule has 0 N–H and O–H groups in total. The molecule has 0 unspecified atom stereocenters. The normalized spacial score (nSPS) is 11.0. The van der Waals surface area contributed by atoms with Crippen LogP contribution >= 0.6 is 22.9 Å². The third kappa shape index (κ3) is 4.74. The van der Waals surface area contributed by atoms with E-state index in [1.165, 1.54) is 17.4 Å². The molecule has 0 saturated carbocycles. The summed E-state index contributed by atoms with van der Waals surface area (Å²) in [5, 5.41) is 2.66. The number of aromatic nitrogens is 1. The van der Waals surface area contributed by atoms with E-state index >= 15 is 0 Å². The molecule has 0 aliphatic carbocycles. The molecule has 0 atom stereocenters. The molecule has 0 amide bonds. The van der Waals surface area contributed by atoms with Crippen molar-refractivity contribution in [2.24, 2.45) is 0 Å². The van der Waals surface area contributed by atoms with Gasteiger partial charge in [-0.3, -0.25) is 0 Å². The molecule has 0 fully saturated rings. The van der Waals surface area contributed by atoms with Crippen molar-refractivity contribution in [2.75, 3.05) is 20.3 Å². The van der Waals surface area contributed by atoms with Crippen molar-refractivity contribution in [3.05, 3.63) is 40.7 Å². The Morgan fingerprint density at radius 3 is 2.86 bits per heavy atom. The first-order valence-electron chi connectivity index (χ1n) is 6.60. The molecule has 0 saturated heterocycles. The van der Waals surface area contributed by atoms with Crippen molar-refractivity contribution in [1.29, 1.82) is 0 Å². The molecule has 0 aliphatic heterocycles. The van der Waals surface area contributed by atoms with Crippen LogP contribution in [0.2, 0.25) is 0 Å². The number of nitrogens with zero attached hydrogens (tertiary/aromatic N) is 1. The number of ether oxygens (including phenoxy) is 2. The predicted molar refractivity (Wildman–Crippen MR) is 83.2 cm³/mol. The summed E-state index contributed by atoms with van der Waals surface area (Å²) in [6.45, 7) is 1.47. The molecule has 1 aromatic heterocycles. The van der Waals surface area contributed by atoms with Crippen LogP contribution in [0.1, 0.15) is 17.7 Å². The van der Waals surface area contributed by atoms with Gasteiger partial charge in [0.25, 0.3) is 0 Å². The minimum Gasteiger partial charge on any atom is -0.385 e. The van der Waals surface area contributed by atoms with E-state index in [1.54, 1.807) is 13.2 Å². The molecule has 0 aliphatic rings. The van der Waals surface area contributed by atoms with Gasteiger partial charge in [0.15, 0.2) is 0 Å². The predicted octanol–water partition coefficient (Wildman–Crippen LogP) is 4.24. The number of alkyl halides is 1. The zero-order chi connectivity index (χ0) is 15.1. The van der Waals surface area contributed by atoms with Gasteiger partial charge in [-0.25, -0.2) is 9.37 Å². The summed E-state index contributed by atoms with van der Waals surface area (Å²) in [4.78, 5) is 4.34. The van der Waals surface area contributed by atoms with E-state index in [0.717, 1.165) is 22.7 Å². The Kier molecular flexibility index (Phi) is 6.57. The molecule has 2 rings (SSSR count). The quantitative estimate of drug-likeness (QED) is 0.536. The van der Waals surface area contributed by atoms with Crippen LogP contribution in [0.3, 0.4) is 0 Å². The second-order valence-corrected chi connectivity index (χ2v) is 5.61. The van der Waals surface area contributed by atoms with Gasteiger partial charge in [-0.05, 0) is 12.5 Å². The topological polar surface area (TPSA) is 31.4 Å². The Hall–Kier alpha value is -1.01. The Labute approximate surface area is 132 Å². The van der Waals surface area contributed by atoms with Gasteiger partial charge < -0.3 is 9.47 Å². The molecule has 1 heterocycles. The Balaban J connectivity index is 1.97. The third-order valence-electron chi connectivity index (χ3n) is 2.88. The summed E-state index contributed by atoms with van der Waals surface area (Å²) in [6, 6.07) is 5.08. The van der Waals surface area contributed by atoms with Crippen molar-refractivity contribution >= 4 is 22.9 Å². The van der Waals surface area contributed by atoms with E-state index in [9.17, 15) is 4.39 Å². The van der Waals surface area contributed by atoms with Crippen LogP contribution in [-0.4, -0.2) is 25.3 Å². The number of benzene rings is 1. The molecule has 114 valence electrons. The van der Waals surface area contributed by atoms with Crippen LogP contribution in [0, 0.1) is 5.82 Å². The maximum absolute atomic E-state index is 14.0. The molecular weight excluding hydrogens is 313 g/mol. The highest BCUT2D eigenvalue weighted by Gasteiger charge is 2.08. The maximum atomic E-state index is 14.0. The first-order chi connectivity index (χ1) is 10.2. The van der Waals surface area contributed by atoms with E-state index in [2.05, 4.69) is 4.98 Å². The molecule has 1 aromatic carbocycles. The highest BCUT2D eigenvalue weighted by molar-refractivity contribution is 7.13. The van der Waals surface area contributed by atoms with Crippen molar-refractivity contribution in [3.8, 4) is 10.6 Å². The molecule has 6 heteroatoms. The van der Waals surface area contributed by atoms with E-state index in [0.29, 0.717) is 24.7 Å². The number of halogens is 2. The van der Waals surface area contributed by atoms with Crippen molar-refractivity contribution in [1.82, 2.24) is 4.98 Å². The first kappa shape index (κ1) is 16.4. The van der Waals surface area contributed by atoms with Gasteiger partial charge in [0.05, 0.1) is 18.2 Å². The smallest absolute Gasteiger partial charge is 0.129 e. The first-order valence-corrected chi connectivity index (χ1v) is 8.02. The molecule has 3 nitrogen and oxygen atoms in total. The van der Waals surface area contributed by atoms with Gasteiger partial charge in [-0.2, -0.15) is 0 Å². The number of hydrogen-bond donors (Lipinski definition) is 0. The minimum atomic E-state index is -0.276. The van der Waals surface area contributed by atoms with Crippen LogP contribution in [0.5, 0.6) is 0 Å². The highest BCUT2D eigenvalue weighted by Crippen LogP contribution is 2.26. The van der Waals surface area contributed by atoms with E-state index in [4.69, 9.17) is 21.1 Å². The van der Waals surface area contributed by atoms with E-state index in [-0.39, 0.29) is 12.4 Å². The molecule has 0 spiro atoms. The van der Waals surface area contributed by atoms with Gasteiger partial charge >= 0.3 is 0 Å². The summed E-state index contributed by atoms with van der Waals surface area (Å²) in [7, 11) is 1.65. The number of methoxy groups -OCH3 is 1. The summed E-state index contributed by atoms with van der Waals surface area (Å²) in [5.74, 6) is 0.0914.